The number of β-amino-alcohol motifs (C(OH)–C–C–N with tert-alkyl or cyclic N) is 1. The molecule has 4 N–H and O–H groups in total. The zero-order valence-corrected chi connectivity index (χ0v) is 21.6. The lowest BCUT2D eigenvalue weighted by molar-refractivity contribution is -0.113. The van der Waals surface area contributed by atoms with E-state index in [2.05, 4.69) is 25.9 Å². The van der Waals surface area contributed by atoms with Crippen molar-refractivity contribution in [3.8, 4) is 5.88 Å². The van der Waals surface area contributed by atoms with Crippen LogP contribution in [0.5, 0.6) is 5.88 Å². The van der Waals surface area contributed by atoms with Crippen molar-refractivity contribution in [2.45, 2.75) is 29.1 Å². The predicted octanol–water partition coefficient (Wildman–Crippen LogP) is 2.06. The van der Waals surface area contributed by atoms with Crippen molar-refractivity contribution in [2.75, 3.05) is 49.3 Å². The van der Waals surface area contributed by atoms with Gasteiger partial charge in [0.2, 0.25) is 11.8 Å². The molecule has 38 heavy (non-hydrogen) atoms. The van der Waals surface area contributed by atoms with Gasteiger partial charge in [-0.15, -0.1) is 11.8 Å². The van der Waals surface area contributed by atoms with E-state index in [4.69, 9.17) is 9.47 Å². The first kappa shape index (κ1) is 24.9. The minimum atomic E-state index is -1.07. The monoisotopic (exact) mass is 536 g/mol. The summed E-state index contributed by atoms with van der Waals surface area (Å²) in [6.07, 6.45) is 1.36. The number of nitrogens with one attached hydrogen (secondary N) is 3. The Bertz CT molecular complexity index is 1400. The topological polar surface area (TPSA) is 138 Å². The first-order chi connectivity index (χ1) is 18.4. The number of pyridine rings is 2. The molecule has 0 aliphatic carbocycles. The molecule has 11 nitrogen and oxygen atoms in total. The van der Waals surface area contributed by atoms with Gasteiger partial charge >= 0.3 is 6.09 Å². The molecule has 5 heterocycles. The van der Waals surface area contributed by atoms with E-state index in [0.717, 1.165) is 10.5 Å². The number of methoxy groups -OCH3 is 1. The van der Waals surface area contributed by atoms with Crippen LogP contribution in [-0.2, 0) is 9.53 Å². The average Bonchev–Trinajstić information content (AvgIpc) is 3.53. The summed E-state index contributed by atoms with van der Waals surface area (Å²) in [5.41, 5.74) is 2.41. The minimum Gasteiger partial charge on any atom is -0.481 e. The van der Waals surface area contributed by atoms with Gasteiger partial charge in [0, 0.05) is 41.5 Å². The van der Waals surface area contributed by atoms with Gasteiger partial charge in [0.15, 0.2) is 0 Å². The summed E-state index contributed by atoms with van der Waals surface area (Å²) in [5.74, 6) is 0.776. The fourth-order valence-electron chi connectivity index (χ4n) is 5.23. The number of rotatable bonds is 7. The van der Waals surface area contributed by atoms with Gasteiger partial charge in [0.25, 0.3) is 0 Å². The van der Waals surface area contributed by atoms with Crippen molar-refractivity contribution in [3.63, 3.8) is 0 Å². The molecular weight excluding hydrogens is 508 g/mol. The number of carbonyl (C=O) groups is 2. The largest absolute Gasteiger partial charge is 0.481 e. The smallest absolute Gasteiger partial charge is 0.414 e. The molecule has 3 aliphatic rings. The van der Waals surface area contributed by atoms with E-state index < -0.39 is 23.8 Å². The highest BCUT2D eigenvalue weighted by Gasteiger charge is 2.42. The molecule has 3 aromatic rings. The molecule has 2 unspecified atom stereocenters. The molecule has 2 amide bonds. The number of fused-ring (bicyclic) bond motifs is 2. The summed E-state index contributed by atoms with van der Waals surface area (Å²) in [6.45, 7) is 1.75. The second-order valence-electron chi connectivity index (χ2n) is 9.63. The molecule has 1 aromatic carbocycles. The fraction of sp³-hybridized carbons (Fsp3) is 0.385. The van der Waals surface area contributed by atoms with E-state index in [0.29, 0.717) is 66.6 Å². The van der Waals surface area contributed by atoms with E-state index in [9.17, 15) is 14.7 Å². The van der Waals surface area contributed by atoms with Gasteiger partial charge in [0.05, 0.1) is 47.8 Å². The summed E-state index contributed by atoms with van der Waals surface area (Å²) >= 11 is 1.47. The molecule has 2 saturated heterocycles. The quantitative estimate of drug-likeness (QED) is 0.355. The number of amides is 2. The van der Waals surface area contributed by atoms with Gasteiger partial charge in [-0.05, 0) is 43.3 Å². The molecule has 2 aromatic heterocycles. The van der Waals surface area contributed by atoms with Crippen LogP contribution in [0.25, 0.3) is 11.0 Å². The highest BCUT2D eigenvalue weighted by Crippen LogP contribution is 2.37. The van der Waals surface area contributed by atoms with E-state index in [-0.39, 0.29) is 5.91 Å². The number of thioether (sulfide) groups is 1. The Morgan fingerprint density at radius 1 is 1.32 bits per heavy atom. The maximum Gasteiger partial charge on any atom is 0.414 e. The summed E-state index contributed by atoms with van der Waals surface area (Å²) in [6, 6.07) is 10.5. The Morgan fingerprint density at radius 3 is 3.03 bits per heavy atom. The first-order valence-corrected chi connectivity index (χ1v) is 13.4. The fourth-order valence-corrected chi connectivity index (χ4v) is 6.02. The lowest BCUT2D eigenvalue weighted by Gasteiger charge is -2.34. The van der Waals surface area contributed by atoms with E-state index in [1.54, 1.807) is 30.3 Å². The van der Waals surface area contributed by atoms with Gasteiger partial charge in [-0.1, -0.05) is 0 Å². The van der Waals surface area contributed by atoms with E-state index in [1.807, 2.05) is 24.3 Å². The minimum absolute atomic E-state index is 0.0631. The lowest BCUT2D eigenvalue weighted by Crippen LogP contribution is -2.48. The van der Waals surface area contributed by atoms with Crippen LogP contribution in [0.3, 0.4) is 0 Å². The number of hydrogen-bond acceptors (Lipinski definition) is 10. The highest BCUT2D eigenvalue weighted by atomic mass is 32.2. The van der Waals surface area contributed by atoms with E-state index >= 15 is 0 Å². The van der Waals surface area contributed by atoms with Crippen LogP contribution in [-0.4, -0.2) is 77.8 Å². The lowest BCUT2D eigenvalue weighted by atomic mass is 9.87. The van der Waals surface area contributed by atoms with Gasteiger partial charge in [-0.3, -0.25) is 14.7 Å². The Labute approximate surface area is 223 Å². The Hall–Kier alpha value is -3.45. The third-order valence-electron chi connectivity index (χ3n) is 7.14. The van der Waals surface area contributed by atoms with Crippen LogP contribution in [0.2, 0.25) is 0 Å². The zero-order chi connectivity index (χ0) is 26.3. The van der Waals surface area contributed by atoms with Crippen LogP contribution in [0.4, 0.5) is 16.2 Å². The van der Waals surface area contributed by atoms with Crippen molar-refractivity contribution in [2.24, 2.45) is 0 Å². The number of cyclic esters (lactones) is 1. The maximum atomic E-state index is 12.8. The van der Waals surface area contributed by atoms with Crippen LogP contribution >= 0.6 is 11.8 Å². The van der Waals surface area contributed by atoms with Crippen LogP contribution in [0, 0.1) is 0 Å². The third-order valence-corrected chi connectivity index (χ3v) is 8.22. The zero-order valence-electron chi connectivity index (χ0n) is 20.8. The normalized spacial score (nSPS) is 23.7. The molecule has 0 bridgehead atoms. The summed E-state index contributed by atoms with van der Waals surface area (Å²) in [5, 5.41) is 21.2. The van der Waals surface area contributed by atoms with Crippen LogP contribution < -0.4 is 25.6 Å². The number of hydrogen-bond donors (Lipinski definition) is 4. The summed E-state index contributed by atoms with van der Waals surface area (Å²) in [4.78, 5) is 36.2. The van der Waals surface area contributed by atoms with Gasteiger partial charge in [0.1, 0.15) is 6.10 Å². The third kappa shape index (κ3) is 4.64. The van der Waals surface area contributed by atoms with Crippen molar-refractivity contribution in [1.82, 2.24) is 20.6 Å². The molecule has 3 aliphatic heterocycles. The molecule has 2 fully saturated rings. The second-order valence-corrected chi connectivity index (χ2v) is 10.6. The summed E-state index contributed by atoms with van der Waals surface area (Å²) in [7, 11) is 1.56. The number of aromatic nitrogens is 2. The van der Waals surface area contributed by atoms with Crippen molar-refractivity contribution in [3.05, 3.63) is 48.2 Å². The predicted molar refractivity (Wildman–Crippen MR) is 143 cm³/mol. The Kier molecular flexibility index (Phi) is 6.56. The van der Waals surface area contributed by atoms with E-state index in [1.165, 1.54) is 11.8 Å². The first-order valence-electron chi connectivity index (χ1n) is 12.4. The number of carbonyl (C=O) groups excluding carboxylic acids is 2. The molecular formula is C26H28N6O5S. The Morgan fingerprint density at radius 2 is 2.21 bits per heavy atom. The molecule has 6 rings (SSSR count). The average molecular weight is 537 g/mol. The number of benzene rings is 1. The molecule has 12 heteroatoms. The number of ether oxygens (including phenoxy) is 2. The molecule has 0 saturated carbocycles. The standard InChI is InChI=1S/C26H28N6O5S/c1-36-22-5-3-18-23(31-22)17(6-8-28-18)24(26(35)7-9-27-14-26)29-11-16-12-32(25(34)37-16)15-2-4-20-19(10-15)30-21(33)13-38-20/h2-6,8,10,16,24,27,29,35H,7,9,11-14H2,1H3,(H,30,33)/t16?,24-,26?/m0/s1. The Balaban J connectivity index is 1.23. The second kappa shape index (κ2) is 10.0. The molecule has 0 spiro atoms. The van der Waals surface area contributed by atoms with Crippen molar-refractivity contribution < 1.29 is 24.2 Å². The van der Waals surface area contributed by atoms with Crippen LogP contribution in [0.1, 0.15) is 18.0 Å². The molecule has 198 valence electrons. The SMILES string of the molecule is COc1ccc2nccc([C@H](NCC3CN(c4ccc5c(c4)NC(=O)CS5)C(=O)O3)C3(O)CCNC3)c2n1. The van der Waals surface area contributed by atoms with Gasteiger partial charge < -0.3 is 30.5 Å². The molecule has 0 radical (unpaired) electrons. The van der Waals surface area contributed by atoms with Crippen LogP contribution in [0.15, 0.2) is 47.5 Å². The number of nitrogens with zero attached hydrogens (tertiary/aromatic N) is 3. The number of aliphatic hydroxyl groups is 1. The maximum absolute atomic E-state index is 12.8. The van der Waals surface area contributed by atoms with Gasteiger partial charge in [-0.2, -0.15) is 0 Å². The highest BCUT2D eigenvalue weighted by molar-refractivity contribution is 8.00. The molecule has 3 atom stereocenters. The van der Waals surface area contributed by atoms with Crippen molar-refractivity contribution >= 4 is 46.2 Å². The van der Waals surface area contributed by atoms with Crippen molar-refractivity contribution in [1.29, 1.82) is 0 Å². The summed E-state index contributed by atoms with van der Waals surface area (Å²) < 4.78 is 11.0. The number of anilines is 2. The van der Waals surface area contributed by atoms with Gasteiger partial charge in [-0.25, -0.2) is 9.78 Å².